The molecule has 0 unspecified atom stereocenters. The lowest BCUT2D eigenvalue weighted by Gasteiger charge is -2.11. The van der Waals surface area contributed by atoms with Gasteiger partial charge in [-0.25, -0.2) is 9.48 Å². The number of carboxylic acid groups (broad SMARTS) is 1. The Labute approximate surface area is 131 Å². The Hall–Kier alpha value is -3.35. The molecule has 0 saturated heterocycles. The quantitative estimate of drug-likeness (QED) is 0.767. The van der Waals surface area contributed by atoms with Gasteiger partial charge in [-0.05, 0) is 36.4 Å². The van der Waals surface area contributed by atoms with Gasteiger partial charge in [0, 0.05) is 5.56 Å². The number of para-hydroxylation sites is 1. The van der Waals surface area contributed by atoms with Crippen LogP contribution in [0.5, 0.6) is 11.5 Å². The zero-order valence-electron chi connectivity index (χ0n) is 12.2. The molecule has 0 atom stereocenters. The molecule has 1 heterocycles. The second-order valence-electron chi connectivity index (χ2n) is 4.72. The number of aromatic hydroxyl groups is 1. The van der Waals surface area contributed by atoms with Crippen molar-refractivity contribution in [1.82, 2.24) is 15.0 Å². The van der Waals surface area contributed by atoms with Gasteiger partial charge in [0.15, 0.2) is 5.69 Å². The van der Waals surface area contributed by atoms with E-state index in [2.05, 4.69) is 10.3 Å². The largest absolute Gasteiger partial charge is 0.508 e. The average molecular weight is 311 g/mol. The molecule has 0 bridgehead atoms. The molecule has 3 aromatic rings. The number of methoxy groups -OCH3 is 1. The van der Waals surface area contributed by atoms with Gasteiger partial charge in [0.1, 0.15) is 17.2 Å². The molecule has 116 valence electrons. The molecule has 7 heteroatoms. The van der Waals surface area contributed by atoms with E-state index in [1.165, 1.54) is 23.9 Å². The Morgan fingerprint density at radius 3 is 2.48 bits per heavy atom. The maximum absolute atomic E-state index is 11.5. The minimum atomic E-state index is -1.18. The van der Waals surface area contributed by atoms with E-state index >= 15 is 0 Å². The van der Waals surface area contributed by atoms with E-state index in [9.17, 15) is 15.0 Å². The number of carbonyl (C=O) groups is 1. The number of ether oxygens (including phenoxy) is 1. The summed E-state index contributed by atoms with van der Waals surface area (Å²) in [4.78, 5) is 11.5. The SMILES string of the molecule is COc1ccccc1-c1c(C(=O)O)nnn1-c1ccc(O)cc1. The van der Waals surface area contributed by atoms with Crippen molar-refractivity contribution in [2.75, 3.05) is 7.11 Å². The minimum Gasteiger partial charge on any atom is -0.508 e. The van der Waals surface area contributed by atoms with Crippen LogP contribution < -0.4 is 4.74 Å². The van der Waals surface area contributed by atoms with Crippen molar-refractivity contribution >= 4 is 5.97 Å². The predicted octanol–water partition coefficient (Wildman–Crippen LogP) is 2.35. The molecule has 0 aliphatic carbocycles. The maximum atomic E-state index is 11.5. The first-order valence-corrected chi connectivity index (χ1v) is 6.73. The van der Waals surface area contributed by atoms with Crippen molar-refractivity contribution in [2.24, 2.45) is 0 Å². The minimum absolute atomic E-state index is 0.103. The first kappa shape index (κ1) is 14.6. The molecule has 0 fully saturated rings. The lowest BCUT2D eigenvalue weighted by atomic mass is 10.1. The first-order valence-electron chi connectivity index (χ1n) is 6.73. The number of phenolic OH excluding ortho intramolecular Hbond substituents is 1. The molecule has 0 saturated carbocycles. The van der Waals surface area contributed by atoms with Gasteiger partial charge in [0.05, 0.1) is 12.8 Å². The van der Waals surface area contributed by atoms with Crippen molar-refractivity contribution < 1.29 is 19.7 Å². The number of phenols is 1. The van der Waals surface area contributed by atoms with Crippen LogP contribution in [0.3, 0.4) is 0 Å². The van der Waals surface area contributed by atoms with Crippen LogP contribution in [0.1, 0.15) is 10.5 Å². The number of benzene rings is 2. The molecule has 2 aromatic carbocycles. The highest BCUT2D eigenvalue weighted by atomic mass is 16.5. The Kier molecular flexibility index (Phi) is 3.68. The molecule has 2 N–H and O–H groups in total. The molecule has 0 amide bonds. The van der Waals surface area contributed by atoms with Crippen LogP contribution in [-0.2, 0) is 0 Å². The molecule has 3 rings (SSSR count). The molecule has 0 radical (unpaired) electrons. The van der Waals surface area contributed by atoms with Gasteiger partial charge in [0.2, 0.25) is 0 Å². The third-order valence-electron chi connectivity index (χ3n) is 3.33. The molecule has 0 aliphatic rings. The van der Waals surface area contributed by atoms with Gasteiger partial charge >= 0.3 is 5.97 Å². The van der Waals surface area contributed by atoms with Crippen LogP contribution in [0.15, 0.2) is 48.5 Å². The van der Waals surface area contributed by atoms with Gasteiger partial charge in [-0.1, -0.05) is 17.3 Å². The molecule has 0 aliphatic heterocycles. The number of rotatable bonds is 4. The first-order chi connectivity index (χ1) is 11.1. The summed E-state index contributed by atoms with van der Waals surface area (Å²) < 4.78 is 6.72. The number of nitrogens with zero attached hydrogens (tertiary/aromatic N) is 3. The summed E-state index contributed by atoms with van der Waals surface area (Å²) in [6.07, 6.45) is 0. The van der Waals surface area contributed by atoms with Crippen LogP contribution in [0.25, 0.3) is 16.9 Å². The highest BCUT2D eigenvalue weighted by Crippen LogP contribution is 2.33. The molecule has 1 aromatic heterocycles. The monoisotopic (exact) mass is 311 g/mol. The summed E-state index contributed by atoms with van der Waals surface area (Å²) in [6.45, 7) is 0. The lowest BCUT2D eigenvalue weighted by molar-refractivity contribution is 0.0691. The summed E-state index contributed by atoms with van der Waals surface area (Å²) in [7, 11) is 1.51. The standard InChI is InChI=1S/C16H13N3O4/c1-23-13-5-3-2-4-12(13)15-14(16(21)22)17-18-19(15)10-6-8-11(20)9-7-10/h2-9,20H,1H3,(H,21,22). The normalized spacial score (nSPS) is 10.5. The maximum Gasteiger partial charge on any atom is 0.358 e. The fourth-order valence-electron chi connectivity index (χ4n) is 2.28. The highest BCUT2D eigenvalue weighted by Gasteiger charge is 2.23. The van der Waals surface area contributed by atoms with Crippen LogP contribution in [0.2, 0.25) is 0 Å². The second-order valence-corrected chi connectivity index (χ2v) is 4.72. The van der Waals surface area contributed by atoms with Gasteiger partial charge < -0.3 is 14.9 Å². The zero-order chi connectivity index (χ0) is 16.4. The van der Waals surface area contributed by atoms with Crippen molar-refractivity contribution in [3.63, 3.8) is 0 Å². The van der Waals surface area contributed by atoms with Gasteiger partial charge in [-0.2, -0.15) is 0 Å². The Bertz CT molecular complexity index is 856. The van der Waals surface area contributed by atoms with E-state index in [1.54, 1.807) is 36.4 Å². The zero-order valence-corrected chi connectivity index (χ0v) is 12.2. The number of hydrogen-bond acceptors (Lipinski definition) is 5. The van der Waals surface area contributed by atoms with Crippen molar-refractivity contribution in [2.45, 2.75) is 0 Å². The Balaban J connectivity index is 2.27. The van der Waals surface area contributed by atoms with E-state index in [4.69, 9.17) is 4.74 Å². The summed E-state index contributed by atoms with van der Waals surface area (Å²) in [5.41, 5.74) is 1.26. The third kappa shape index (κ3) is 2.59. The van der Waals surface area contributed by atoms with Crippen LogP contribution >= 0.6 is 0 Å². The molecular weight excluding hydrogens is 298 g/mol. The smallest absolute Gasteiger partial charge is 0.358 e. The van der Waals surface area contributed by atoms with E-state index < -0.39 is 5.97 Å². The molecule has 7 nitrogen and oxygen atoms in total. The van der Waals surface area contributed by atoms with Gasteiger partial charge in [-0.15, -0.1) is 5.10 Å². The number of carboxylic acids is 1. The van der Waals surface area contributed by atoms with Crippen LogP contribution in [0.4, 0.5) is 0 Å². The summed E-state index contributed by atoms with van der Waals surface area (Å²) >= 11 is 0. The predicted molar refractivity (Wildman–Crippen MR) is 82.0 cm³/mol. The molecular formula is C16H13N3O4. The summed E-state index contributed by atoms with van der Waals surface area (Å²) in [5, 5.41) is 26.5. The van der Waals surface area contributed by atoms with E-state index in [0.29, 0.717) is 22.7 Å². The Morgan fingerprint density at radius 1 is 1.13 bits per heavy atom. The van der Waals surface area contributed by atoms with Gasteiger partial charge in [0.25, 0.3) is 0 Å². The topological polar surface area (TPSA) is 97.5 Å². The summed E-state index contributed by atoms with van der Waals surface area (Å²) in [5.74, 6) is -0.570. The van der Waals surface area contributed by atoms with E-state index in [1.807, 2.05) is 0 Å². The van der Waals surface area contributed by atoms with Crippen molar-refractivity contribution in [1.29, 1.82) is 0 Å². The van der Waals surface area contributed by atoms with Crippen LogP contribution in [0, 0.1) is 0 Å². The van der Waals surface area contributed by atoms with Crippen molar-refractivity contribution in [3.05, 3.63) is 54.2 Å². The number of aromatic carboxylic acids is 1. The van der Waals surface area contributed by atoms with E-state index in [-0.39, 0.29) is 11.4 Å². The number of hydrogen-bond donors (Lipinski definition) is 2. The second kappa shape index (κ2) is 5.80. The highest BCUT2D eigenvalue weighted by molar-refractivity contribution is 5.94. The van der Waals surface area contributed by atoms with Crippen LogP contribution in [-0.4, -0.2) is 38.3 Å². The van der Waals surface area contributed by atoms with E-state index in [0.717, 1.165) is 0 Å². The fourth-order valence-corrected chi connectivity index (χ4v) is 2.28. The fraction of sp³-hybridized carbons (Fsp3) is 0.0625. The van der Waals surface area contributed by atoms with Gasteiger partial charge in [-0.3, -0.25) is 0 Å². The lowest BCUT2D eigenvalue weighted by Crippen LogP contribution is -2.04. The molecule has 0 spiro atoms. The summed E-state index contributed by atoms with van der Waals surface area (Å²) in [6, 6.07) is 13.3. The molecule has 23 heavy (non-hydrogen) atoms. The van der Waals surface area contributed by atoms with Crippen molar-refractivity contribution in [3.8, 4) is 28.4 Å². The average Bonchev–Trinajstić information content (AvgIpc) is 3.00. The number of aromatic nitrogens is 3. The third-order valence-corrected chi connectivity index (χ3v) is 3.33. The Morgan fingerprint density at radius 2 is 1.83 bits per heavy atom.